The Labute approximate surface area is 191 Å². The van der Waals surface area contributed by atoms with Crippen LogP contribution in [0.4, 0.5) is 11.4 Å². The molecule has 0 heterocycles. The van der Waals surface area contributed by atoms with Gasteiger partial charge in [0.25, 0.3) is 15.9 Å². The normalized spacial score (nSPS) is 12.1. The van der Waals surface area contributed by atoms with Crippen LogP contribution in [0.5, 0.6) is 5.75 Å². The number of aryl methyl sites for hydroxylation is 1. The van der Waals surface area contributed by atoms with Crippen LogP contribution in [0.2, 0.25) is 10.0 Å². The van der Waals surface area contributed by atoms with E-state index >= 15 is 0 Å². The molecule has 31 heavy (non-hydrogen) atoms. The van der Waals surface area contributed by atoms with Gasteiger partial charge in [-0.15, -0.1) is 0 Å². The zero-order chi connectivity index (χ0) is 22.6. The molecule has 0 radical (unpaired) electrons. The first-order valence-electron chi connectivity index (χ1n) is 9.26. The third-order valence-electron chi connectivity index (χ3n) is 4.35. The van der Waals surface area contributed by atoms with Crippen molar-refractivity contribution in [2.75, 3.05) is 10.0 Å². The van der Waals surface area contributed by atoms with Gasteiger partial charge in [0, 0.05) is 15.7 Å². The van der Waals surface area contributed by atoms with E-state index in [2.05, 4.69) is 10.0 Å². The second-order valence-electron chi connectivity index (χ2n) is 6.80. The van der Waals surface area contributed by atoms with Gasteiger partial charge in [-0.2, -0.15) is 0 Å². The standard InChI is InChI=1S/C22H20Cl2N2O4S/c1-14-6-7-17(24)13-21(14)26-31(28,29)20-10-8-18(9-11-20)25-22(27)15(2)30-19-5-3-4-16(23)12-19/h3-13,15,26H,1-2H3,(H,25,27). The van der Waals surface area contributed by atoms with Crippen molar-refractivity contribution in [3.8, 4) is 5.75 Å². The van der Waals surface area contributed by atoms with Crippen molar-refractivity contribution in [3.63, 3.8) is 0 Å². The SMILES string of the molecule is Cc1ccc(Cl)cc1NS(=O)(=O)c1ccc(NC(=O)C(C)Oc2cccc(Cl)c2)cc1. The minimum absolute atomic E-state index is 0.0492. The molecular formula is C22H20Cl2N2O4S. The van der Waals surface area contributed by atoms with Crippen LogP contribution in [-0.2, 0) is 14.8 Å². The predicted octanol–water partition coefficient (Wildman–Crippen LogP) is 5.51. The average molecular weight is 479 g/mol. The quantitative estimate of drug-likeness (QED) is 0.468. The number of hydrogen-bond donors (Lipinski definition) is 2. The number of benzene rings is 3. The Bertz CT molecular complexity index is 1200. The Balaban J connectivity index is 1.66. The van der Waals surface area contributed by atoms with Crippen molar-refractivity contribution in [1.29, 1.82) is 0 Å². The highest BCUT2D eigenvalue weighted by Crippen LogP contribution is 2.24. The summed E-state index contributed by atoms with van der Waals surface area (Å²) >= 11 is 11.9. The second kappa shape index (κ2) is 9.60. The third-order valence-corrected chi connectivity index (χ3v) is 6.21. The van der Waals surface area contributed by atoms with Crippen LogP contribution in [-0.4, -0.2) is 20.4 Å². The Morgan fingerprint density at radius 3 is 2.32 bits per heavy atom. The molecule has 0 aliphatic heterocycles. The number of carbonyl (C=O) groups excluding carboxylic acids is 1. The van der Waals surface area contributed by atoms with E-state index in [1.165, 1.54) is 24.3 Å². The highest BCUT2D eigenvalue weighted by molar-refractivity contribution is 7.92. The van der Waals surface area contributed by atoms with E-state index in [0.717, 1.165) is 5.56 Å². The lowest BCUT2D eigenvalue weighted by atomic mass is 10.2. The van der Waals surface area contributed by atoms with E-state index in [4.69, 9.17) is 27.9 Å². The fraction of sp³-hybridized carbons (Fsp3) is 0.136. The molecule has 1 atom stereocenters. The summed E-state index contributed by atoms with van der Waals surface area (Å²) in [5.41, 5.74) is 1.58. The molecule has 9 heteroatoms. The Hall–Kier alpha value is -2.74. The average Bonchev–Trinajstić information content (AvgIpc) is 2.71. The lowest BCUT2D eigenvalue weighted by Crippen LogP contribution is -2.30. The maximum Gasteiger partial charge on any atom is 0.265 e. The van der Waals surface area contributed by atoms with Crippen LogP contribution in [0.15, 0.2) is 71.6 Å². The van der Waals surface area contributed by atoms with Crippen molar-refractivity contribution in [2.24, 2.45) is 0 Å². The number of halogens is 2. The second-order valence-corrected chi connectivity index (χ2v) is 9.35. The summed E-state index contributed by atoms with van der Waals surface area (Å²) in [5.74, 6) is 0.0854. The number of hydrogen-bond acceptors (Lipinski definition) is 4. The first-order chi connectivity index (χ1) is 14.6. The molecule has 0 saturated heterocycles. The first kappa shape index (κ1) is 22.9. The molecule has 1 amide bonds. The monoisotopic (exact) mass is 478 g/mol. The number of amides is 1. The maximum atomic E-state index is 12.7. The minimum Gasteiger partial charge on any atom is -0.481 e. The highest BCUT2D eigenvalue weighted by Gasteiger charge is 2.18. The summed E-state index contributed by atoms with van der Waals surface area (Å²) in [5, 5.41) is 3.62. The zero-order valence-corrected chi connectivity index (χ0v) is 19.1. The highest BCUT2D eigenvalue weighted by atomic mass is 35.5. The largest absolute Gasteiger partial charge is 0.481 e. The maximum absolute atomic E-state index is 12.7. The van der Waals surface area contributed by atoms with Crippen LogP contribution < -0.4 is 14.8 Å². The van der Waals surface area contributed by atoms with Crippen molar-refractivity contribution in [3.05, 3.63) is 82.3 Å². The topological polar surface area (TPSA) is 84.5 Å². The molecule has 0 saturated carbocycles. The van der Waals surface area contributed by atoms with Gasteiger partial charge in [0.2, 0.25) is 0 Å². The molecule has 3 aromatic rings. The molecule has 3 aromatic carbocycles. The van der Waals surface area contributed by atoms with Crippen LogP contribution in [0, 0.1) is 6.92 Å². The summed E-state index contributed by atoms with van der Waals surface area (Å²) in [6.07, 6.45) is -0.783. The Morgan fingerprint density at radius 2 is 1.65 bits per heavy atom. The van der Waals surface area contributed by atoms with Crippen LogP contribution >= 0.6 is 23.2 Å². The van der Waals surface area contributed by atoms with Gasteiger partial charge in [0.1, 0.15) is 5.75 Å². The summed E-state index contributed by atoms with van der Waals surface area (Å²) in [4.78, 5) is 12.4. The fourth-order valence-electron chi connectivity index (χ4n) is 2.67. The van der Waals surface area contributed by atoms with E-state index in [9.17, 15) is 13.2 Å². The molecule has 2 N–H and O–H groups in total. The van der Waals surface area contributed by atoms with E-state index in [1.807, 2.05) is 0 Å². The molecule has 0 aliphatic carbocycles. The summed E-state index contributed by atoms with van der Waals surface area (Å²) in [6, 6.07) is 17.5. The lowest BCUT2D eigenvalue weighted by Gasteiger charge is -2.15. The van der Waals surface area contributed by atoms with Crippen molar-refractivity contribution < 1.29 is 17.9 Å². The fourth-order valence-corrected chi connectivity index (χ4v) is 4.14. The molecule has 1 unspecified atom stereocenters. The van der Waals surface area contributed by atoms with Crippen molar-refractivity contribution >= 4 is 50.5 Å². The van der Waals surface area contributed by atoms with Crippen molar-refractivity contribution in [2.45, 2.75) is 24.8 Å². The number of ether oxygens (including phenoxy) is 1. The van der Waals surface area contributed by atoms with E-state index in [-0.39, 0.29) is 10.8 Å². The lowest BCUT2D eigenvalue weighted by molar-refractivity contribution is -0.122. The summed E-state index contributed by atoms with van der Waals surface area (Å²) in [7, 11) is -3.82. The molecule has 0 fully saturated rings. The molecule has 162 valence electrons. The zero-order valence-electron chi connectivity index (χ0n) is 16.7. The number of carbonyl (C=O) groups is 1. The molecule has 3 rings (SSSR count). The first-order valence-corrected chi connectivity index (χ1v) is 11.5. The molecular weight excluding hydrogens is 459 g/mol. The van der Waals surface area contributed by atoms with Gasteiger partial charge in [-0.05, 0) is 74.0 Å². The number of anilines is 2. The molecule has 0 aliphatic rings. The molecule has 6 nitrogen and oxygen atoms in total. The molecule has 0 aromatic heterocycles. The molecule has 0 bridgehead atoms. The van der Waals surface area contributed by atoms with Gasteiger partial charge in [0.05, 0.1) is 10.6 Å². The smallest absolute Gasteiger partial charge is 0.265 e. The van der Waals surface area contributed by atoms with Gasteiger partial charge < -0.3 is 10.1 Å². The third kappa shape index (κ3) is 6.13. The van der Waals surface area contributed by atoms with E-state index in [0.29, 0.717) is 27.2 Å². The molecule has 0 spiro atoms. The van der Waals surface area contributed by atoms with E-state index in [1.54, 1.807) is 56.3 Å². The van der Waals surface area contributed by atoms with Crippen LogP contribution in [0.3, 0.4) is 0 Å². The van der Waals surface area contributed by atoms with Crippen molar-refractivity contribution in [1.82, 2.24) is 0 Å². The van der Waals surface area contributed by atoms with Gasteiger partial charge in [-0.25, -0.2) is 8.42 Å². The van der Waals surface area contributed by atoms with Gasteiger partial charge in [0.15, 0.2) is 6.10 Å². The Morgan fingerprint density at radius 1 is 0.968 bits per heavy atom. The summed E-state index contributed by atoms with van der Waals surface area (Å²) < 4.78 is 33.4. The minimum atomic E-state index is -3.82. The number of nitrogens with one attached hydrogen (secondary N) is 2. The number of rotatable bonds is 7. The van der Waals surface area contributed by atoms with Crippen LogP contribution in [0.25, 0.3) is 0 Å². The predicted molar refractivity (Wildman–Crippen MR) is 124 cm³/mol. The van der Waals surface area contributed by atoms with E-state index < -0.39 is 16.1 Å². The van der Waals surface area contributed by atoms with Gasteiger partial charge in [-0.1, -0.05) is 35.3 Å². The van der Waals surface area contributed by atoms with Gasteiger partial charge >= 0.3 is 0 Å². The number of sulfonamides is 1. The Kier molecular flexibility index (Phi) is 7.10. The van der Waals surface area contributed by atoms with Crippen LogP contribution in [0.1, 0.15) is 12.5 Å². The summed E-state index contributed by atoms with van der Waals surface area (Å²) in [6.45, 7) is 3.38. The van der Waals surface area contributed by atoms with Gasteiger partial charge in [-0.3, -0.25) is 9.52 Å².